The van der Waals surface area contributed by atoms with Gasteiger partial charge in [-0.3, -0.25) is 9.59 Å². The van der Waals surface area contributed by atoms with Crippen molar-refractivity contribution in [2.75, 3.05) is 18.9 Å². The SMILES string of the molecule is Cc1ccc(NC(=O)CN(C)C(=O)CCc2nc(C(C)C)no2)cc1. The molecule has 1 aromatic heterocycles. The first-order valence-corrected chi connectivity index (χ1v) is 8.28. The number of rotatable bonds is 7. The smallest absolute Gasteiger partial charge is 0.243 e. The molecule has 2 aromatic rings. The summed E-state index contributed by atoms with van der Waals surface area (Å²) in [6.45, 7) is 5.92. The van der Waals surface area contributed by atoms with Crippen molar-refractivity contribution in [3.05, 3.63) is 41.5 Å². The number of nitrogens with zero attached hydrogens (tertiary/aromatic N) is 3. The molecule has 7 heteroatoms. The van der Waals surface area contributed by atoms with Gasteiger partial charge in [-0.05, 0) is 19.1 Å². The van der Waals surface area contributed by atoms with Crippen LogP contribution in [0.2, 0.25) is 0 Å². The minimum absolute atomic E-state index is 0.00616. The molecule has 0 fully saturated rings. The molecule has 2 rings (SSSR count). The number of hydrogen-bond acceptors (Lipinski definition) is 5. The summed E-state index contributed by atoms with van der Waals surface area (Å²) >= 11 is 0. The summed E-state index contributed by atoms with van der Waals surface area (Å²) in [5.74, 6) is 0.868. The lowest BCUT2D eigenvalue weighted by Gasteiger charge is -2.16. The number of aromatic nitrogens is 2. The molecule has 0 saturated carbocycles. The third-order valence-corrected chi connectivity index (χ3v) is 3.69. The summed E-state index contributed by atoms with van der Waals surface area (Å²) in [5, 5.41) is 6.64. The third-order valence-electron chi connectivity index (χ3n) is 3.69. The van der Waals surface area contributed by atoms with E-state index in [0.29, 0.717) is 23.8 Å². The van der Waals surface area contributed by atoms with Crippen molar-refractivity contribution < 1.29 is 14.1 Å². The number of nitrogens with one attached hydrogen (secondary N) is 1. The lowest BCUT2D eigenvalue weighted by atomic mass is 10.2. The molecule has 1 aromatic carbocycles. The Morgan fingerprint density at radius 1 is 1.24 bits per heavy atom. The van der Waals surface area contributed by atoms with E-state index in [2.05, 4.69) is 15.5 Å². The van der Waals surface area contributed by atoms with E-state index in [0.717, 1.165) is 5.56 Å². The molecule has 0 unspecified atom stereocenters. The van der Waals surface area contributed by atoms with Crippen LogP contribution in [-0.4, -0.2) is 40.4 Å². The fourth-order valence-electron chi connectivity index (χ4n) is 2.15. The minimum atomic E-state index is -0.236. The summed E-state index contributed by atoms with van der Waals surface area (Å²) in [4.78, 5) is 29.8. The van der Waals surface area contributed by atoms with Crippen LogP contribution in [0.5, 0.6) is 0 Å². The van der Waals surface area contributed by atoms with Gasteiger partial charge in [0.15, 0.2) is 5.82 Å². The molecule has 1 heterocycles. The van der Waals surface area contributed by atoms with Gasteiger partial charge in [0.05, 0.1) is 6.54 Å². The second-order valence-electron chi connectivity index (χ2n) is 6.37. The monoisotopic (exact) mass is 344 g/mol. The van der Waals surface area contributed by atoms with Crippen LogP contribution in [0.1, 0.15) is 43.5 Å². The predicted octanol–water partition coefficient (Wildman–Crippen LogP) is 2.53. The van der Waals surface area contributed by atoms with E-state index >= 15 is 0 Å². The number of hydrogen-bond donors (Lipinski definition) is 1. The van der Waals surface area contributed by atoms with Crippen molar-refractivity contribution in [1.82, 2.24) is 15.0 Å². The second-order valence-corrected chi connectivity index (χ2v) is 6.37. The first-order chi connectivity index (χ1) is 11.8. The van der Waals surface area contributed by atoms with Gasteiger partial charge in [0.25, 0.3) is 0 Å². The highest BCUT2D eigenvalue weighted by Crippen LogP contribution is 2.11. The topological polar surface area (TPSA) is 88.3 Å². The zero-order valence-corrected chi connectivity index (χ0v) is 15.1. The fourth-order valence-corrected chi connectivity index (χ4v) is 2.15. The number of amides is 2. The van der Waals surface area contributed by atoms with Gasteiger partial charge in [-0.2, -0.15) is 4.98 Å². The van der Waals surface area contributed by atoms with Gasteiger partial charge in [0, 0.05) is 31.5 Å². The van der Waals surface area contributed by atoms with Crippen LogP contribution < -0.4 is 5.32 Å². The van der Waals surface area contributed by atoms with Gasteiger partial charge in [-0.1, -0.05) is 36.7 Å². The molecule has 25 heavy (non-hydrogen) atoms. The predicted molar refractivity (Wildman–Crippen MR) is 94.2 cm³/mol. The quantitative estimate of drug-likeness (QED) is 0.834. The van der Waals surface area contributed by atoms with E-state index in [1.165, 1.54) is 4.90 Å². The average Bonchev–Trinajstić information content (AvgIpc) is 3.04. The molecule has 0 saturated heterocycles. The molecule has 134 valence electrons. The largest absolute Gasteiger partial charge is 0.339 e. The molecule has 0 radical (unpaired) electrons. The van der Waals surface area contributed by atoms with Crippen LogP contribution in [0.25, 0.3) is 0 Å². The molecule has 7 nitrogen and oxygen atoms in total. The summed E-state index contributed by atoms with van der Waals surface area (Å²) in [5.41, 5.74) is 1.83. The Kier molecular flexibility index (Phi) is 6.27. The maximum atomic E-state index is 12.1. The molecule has 0 aliphatic rings. The van der Waals surface area contributed by atoms with E-state index in [1.54, 1.807) is 7.05 Å². The fraction of sp³-hybridized carbons (Fsp3) is 0.444. The second kappa shape index (κ2) is 8.41. The molecule has 0 spiro atoms. The Morgan fingerprint density at radius 2 is 1.92 bits per heavy atom. The van der Waals surface area contributed by atoms with Crippen LogP contribution in [-0.2, 0) is 16.0 Å². The highest BCUT2D eigenvalue weighted by atomic mass is 16.5. The normalized spacial score (nSPS) is 10.8. The van der Waals surface area contributed by atoms with Gasteiger partial charge in [0.2, 0.25) is 17.7 Å². The Bertz CT molecular complexity index is 722. The number of carbonyl (C=O) groups excluding carboxylic acids is 2. The van der Waals surface area contributed by atoms with Crippen molar-refractivity contribution >= 4 is 17.5 Å². The molecular weight excluding hydrogens is 320 g/mol. The molecular formula is C18H24N4O3. The van der Waals surface area contributed by atoms with Gasteiger partial charge in [-0.15, -0.1) is 0 Å². The first-order valence-electron chi connectivity index (χ1n) is 8.28. The van der Waals surface area contributed by atoms with E-state index in [9.17, 15) is 9.59 Å². The standard InChI is InChI=1S/C18H24N4O3/c1-12(2)18-20-16(25-21-18)9-10-17(24)22(4)11-15(23)19-14-7-5-13(3)6-8-14/h5-8,12H,9-11H2,1-4H3,(H,19,23). The highest BCUT2D eigenvalue weighted by molar-refractivity contribution is 5.94. The van der Waals surface area contributed by atoms with Crippen LogP contribution in [0.15, 0.2) is 28.8 Å². The Labute approximate surface area is 147 Å². The summed E-state index contributed by atoms with van der Waals surface area (Å²) in [7, 11) is 1.60. The molecule has 2 amide bonds. The van der Waals surface area contributed by atoms with Gasteiger partial charge >= 0.3 is 0 Å². The van der Waals surface area contributed by atoms with Crippen molar-refractivity contribution in [1.29, 1.82) is 0 Å². The minimum Gasteiger partial charge on any atom is -0.339 e. The molecule has 0 aliphatic heterocycles. The molecule has 0 atom stereocenters. The van der Waals surface area contributed by atoms with Gasteiger partial charge in [-0.25, -0.2) is 0 Å². The first kappa shape index (κ1) is 18.6. The maximum absolute atomic E-state index is 12.1. The highest BCUT2D eigenvalue weighted by Gasteiger charge is 2.16. The van der Waals surface area contributed by atoms with Gasteiger partial charge < -0.3 is 14.7 Å². The van der Waals surface area contributed by atoms with Gasteiger partial charge in [0.1, 0.15) is 0 Å². The number of likely N-dealkylation sites (N-methyl/N-ethyl adjacent to an activating group) is 1. The number of aryl methyl sites for hydroxylation is 2. The summed E-state index contributed by atoms with van der Waals surface area (Å²) in [6.07, 6.45) is 0.580. The van der Waals surface area contributed by atoms with Crippen molar-refractivity contribution in [3.63, 3.8) is 0 Å². The summed E-state index contributed by atoms with van der Waals surface area (Å²) < 4.78 is 5.11. The summed E-state index contributed by atoms with van der Waals surface area (Å²) in [6, 6.07) is 7.49. The van der Waals surface area contributed by atoms with E-state index in [1.807, 2.05) is 45.0 Å². The van der Waals surface area contributed by atoms with Crippen molar-refractivity contribution in [3.8, 4) is 0 Å². The zero-order valence-electron chi connectivity index (χ0n) is 15.1. The van der Waals surface area contributed by atoms with Crippen LogP contribution in [0, 0.1) is 6.92 Å². The van der Waals surface area contributed by atoms with E-state index in [4.69, 9.17) is 4.52 Å². The molecule has 0 bridgehead atoms. The van der Waals surface area contributed by atoms with Crippen LogP contribution in [0.4, 0.5) is 5.69 Å². The Balaban J connectivity index is 1.78. The third kappa shape index (κ3) is 5.70. The lowest BCUT2D eigenvalue weighted by Crippen LogP contribution is -2.35. The van der Waals surface area contributed by atoms with Crippen molar-refractivity contribution in [2.45, 2.75) is 39.5 Å². The Hall–Kier alpha value is -2.70. The zero-order chi connectivity index (χ0) is 18.4. The van der Waals surface area contributed by atoms with E-state index in [-0.39, 0.29) is 30.7 Å². The average molecular weight is 344 g/mol. The number of benzene rings is 1. The van der Waals surface area contributed by atoms with Crippen LogP contribution in [0.3, 0.4) is 0 Å². The maximum Gasteiger partial charge on any atom is 0.243 e. The number of anilines is 1. The van der Waals surface area contributed by atoms with Crippen LogP contribution >= 0.6 is 0 Å². The molecule has 1 N–H and O–H groups in total. The van der Waals surface area contributed by atoms with E-state index < -0.39 is 0 Å². The van der Waals surface area contributed by atoms with Crippen molar-refractivity contribution in [2.24, 2.45) is 0 Å². The Morgan fingerprint density at radius 3 is 2.52 bits per heavy atom. The number of carbonyl (C=O) groups is 2. The lowest BCUT2D eigenvalue weighted by molar-refractivity contribution is -0.133. The molecule has 0 aliphatic carbocycles.